The molecule has 0 radical (unpaired) electrons. The SMILES string of the molecule is CC(C)NC[C@@H](C(=O)O)c1ccc(Cl)cc1. The molecule has 16 heavy (non-hydrogen) atoms. The van der Waals surface area contributed by atoms with E-state index in [9.17, 15) is 4.79 Å². The topological polar surface area (TPSA) is 49.3 Å². The number of nitrogens with one attached hydrogen (secondary N) is 1. The van der Waals surface area contributed by atoms with Gasteiger partial charge in [0.2, 0.25) is 0 Å². The summed E-state index contributed by atoms with van der Waals surface area (Å²) in [6, 6.07) is 7.20. The predicted molar refractivity (Wildman–Crippen MR) is 65.0 cm³/mol. The van der Waals surface area contributed by atoms with Crippen LogP contribution in [0, 0.1) is 0 Å². The molecule has 0 aliphatic rings. The molecule has 0 bridgehead atoms. The average Bonchev–Trinajstić information content (AvgIpc) is 2.20. The molecule has 0 aliphatic heterocycles. The third kappa shape index (κ3) is 3.83. The lowest BCUT2D eigenvalue weighted by molar-refractivity contribution is -0.138. The fourth-order valence-electron chi connectivity index (χ4n) is 1.40. The second-order valence-electron chi connectivity index (χ2n) is 4.01. The van der Waals surface area contributed by atoms with Crippen LogP contribution in [0.25, 0.3) is 0 Å². The minimum atomic E-state index is -0.824. The van der Waals surface area contributed by atoms with E-state index in [1.54, 1.807) is 24.3 Å². The lowest BCUT2D eigenvalue weighted by atomic mass is 9.99. The van der Waals surface area contributed by atoms with E-state index in [2.05, 4.69) is 5.32 Å². The number of carbonyl (C=O) groups is 1. The van der Waals surface area contributed by atoms with Crippen LogP contribution in [0.15, 0.2) is 24.3 Å². The maximum absolute atomic E-state index is 11.1. The van der Waals surface area contributed by atoms with Crippen LogP contribution >= 0.6 is 11.6 Å². The smallest absolute Gasteiger partial charge is 0.312 e. The lowest BCUT2D eigenvalue weighted by Crippen LogP contribution is -2.31. The first-order valence-electron chi connectivity index (χ1n) is 5.22. The molecule has 0 fully saturated rings. The van der Waals surface area contributed by atoms with E-state index in [0.717, 1.165) is 5.56 Å². The average molecular weight is 242 g/mol. The number of aliphatic carboxylic acids is 1. The van der Waals surface area contributed by atoms with Crippen LogP contribution in [0.1, 0.15) is 25.3 Å². The van der Waals surface area contributed by atoms with Crippen molar-refractivity contribution in [3.63, 3.8) is 0 Å². The number of hydrogen-bond acceptors (Lipinski definition) is 2. The summed E-state index contributed by atoms with van der Waals surface area (Å²) < 4.78 is 0. The lowest BCUT2D eigenvalue weighted by Gasteiger charge is -2.15. The molecule has 88 valence electrons. The quantitative estimate of drug-likeness (QED) is 0.833. The van der Waals surface area contributed by atoms with Crippen LogP contribution in [0.3, 0.4) is 0 Å². The zero-order chi connectivity index (χ0) is 12.1. The maximum Gasteiger partial charge on any atom is 0.312 e. The van der Waals surface area contributed by atoms with Gasteiger partial charge in [-0.2, -0.15) is 0 Å². The zero-order valence-electron chi connectivity index (χ0n) is 9.40. The summed E-state index contributed by atoms with van der Waals surface area (Å²) in [7, 11) is 0. The normalized spacial score (nSPS) is 12.8. The Kier molecular flexibility index (Phi) is 4.77. The highest BCUT2D eigenvalue weighted by Crippen LogP contribution is 2.18. The minimum absolute atomic E-state index is 0.272. The molecule has 0 saturated carbocycles. The molecule has 0 heterocycles. The number of benzene rings is 1. The molecule has 0 spiro atoms. The molecule has 0 unspecified atom stereocenters. The van der Waals surface area contributed by atoms with Gasteiger partial charge in [0.25, 0.3) is 0 Å². The summed E-state index contributed by atoms with van der Waals surface area (Å²) >= 11 is 5.76. The first-order valence-corrected chi connectivity index (χ1v) is 5.60. The highest BCUT2D eigenvalue weighted by atomic mass is 35.5. The molecule has 2 N–H and O–H groups in total. The van der Waals surface area contributed by atoms with Gasteiger partial charge in [-0.3, -0.25) is 4.79 Å². The molecular formula is C12H16ClNO2. The van der Waals surface area contributed by atoms with Crippen molar-refractivity contribution in [3.8, 4) is 0 Å². The van der Waals surface area contributed by atoms with Crippen molar-refractivity contribution in [2.75, 3.05) is 6.54 Å². The maximum atomic E-state index is 11.1. The third-order valence-electron chi connectivity index (χ3n) is 2.30. The summed E-state index contributed by atoms with van der Waals surface area (Å²) in [5.41, 5.74) is 0.769. The predicted octanol–water partition coefficient (Wildman–Crippen LogP) is 2.51. The van der Waals surface area contributed by atoms with Crippen LogP contribution in [0.4, 0.5) is 0 Å². The number of halogens is 1. The Morgan fingerprint density at radius 1 is 1.38 bits per heavy atom. The number of rotatable bonds is 5. The fourth-order valence-corrected chi connectivity index (χ4v) is 1.52. The minimum Gasteiger partial charge on any atom is -0.481 e. The van der Waals surface area contributed by atoms with E-state index in [1.807, 2.05) is 13.8 Å². The Morgan fingerprint density at radius 3 is 2.38 bits per heavy atom. The second kappa shape index (κ2) is 5.87. The highest BCUT2D eigenvalue weighted by Gasteiger charge is 2.19. The molecule has 4 heteroatoms. The van der Waals surface area contributed by atoms with Crippen molar-refractivity contribution in [2.24, 2.45) is 0 Å². The van der Waals surface area contributed by atoms with Gasteiger partial charge in [0.15, 0.2) is 0 Å². The van der Waals surface area contributed by atoms with Crippen LogP contribution in [0.5, 0.6) is 0 Å². The second-order valence-corrected chi connectivity index (χ2v) is 4.44. The fraction of sp³-hybridized carbons (Fsp3) is 0.417. The van der Waals surface area contributed by atoms with Gasteiger partial charge in [-0.1, -0.05) is 37.6 Å². The molecular weight excluding hydrogens is 226 g/mol. The molecule has 1 atom stereocenters. The van der Waals surface area contributed by atoms with Gasteiger partial charge in [-0.05, 0) is 17.7 Å². The number of carboxylic acid groups (broad SMARTS) is 1. The Balaban J connectivity index is 2.77. The Hall–Kier alpha value is -1.06. The van der Waals surface area contributed by atoms with Gasteiger partial charge in [0.1, 0.15) is 0 Å². The molecule has 0 aromatic heterocycles. The van der Waals surface area contributed by atoms with Gasteiger partial charge in [0.05, 0.1) is 5.92 Å². The van der Waals surface area contributed by atoms with Crippen LogP contribution < -0.4 is 5.32 Å². The summed E-state index contributed by atoms with van der Waals surface area (Å²) in [5, 5.41) is 12.9. The van der Waals surface area contributed by atoms with E-state index in [1.165, 1.54) is 0 Å². The molecule has 1 rings (SSSR count). The summed E-state index contributed by atoms with van der Waals surface area (Å²) in [6.07, 6.45) is 0. The third-order valence-corrected chi connectivity index (χ3v) is 2.55. The largest absolute Gasteiger partial charge is 0.481 e. The number of carboxylic acids is 1. The van der Waals surface area contributed by atoms with Gasteiger partial charge in [-0.25, -0.2) is 0 Å². The molecule has 1 aromatic rings. The van der Waals surface area contributed by atoms with Gasteiger partial charge >= 0.3 is 5.97 Å². The monoisotopic (exact) mass is 241 g/mol. The van der Waals surface area contributed by atoms with Crippen molar-refractivity contribution in [1.29, 1.82) is 0 Å². The van der Waals surface area contributed by atoms with Crippen molar-refractivity contribution >= 4 is 17.6 Å². The van der Waals surface area contributed by atoms with Crippen LogP contribution in [0.2, 0.25) is 5.02 Å². The van der Waals surface area contributed by atoms with E-state index in [4.69, 9.17) is 16.7 Å². The first kappa shape index (κ1) is 13.0. The summed E-state index contributed by atoms with van der Waals surface area (Å²) in [4.78, 5) is 11.1. The first-order chi connectivity index (χ1) is 7.50. The van der Waals surface area contributed by atoms with Gasteiger partial charge in [0, 0.05) is 17.6 Å². The Labute approximate surface area is 100 Å². The summed E-state index contributed by atoms with van der Waals surface area (Å²) in [6.45, 7) is 4.40. The molecule has 0 aliphatic carbocycles. The van der Waals surface area contributed by atoms with Crippen molar-refractivity contribution in [3.05, 3.63) is 34.9 Å². The number of hydrogen-bond donors (Lipinski definition) is 2. The van der Waals surface area contributed by atoms with Crippen LogP contribution in [-0.2, 0) is 4.79 Å². The standard InChI is InChI=1S/C12H16ClNO2/c1-8(2)14-7-11(12(15)16)9-3-5-10(13)6-4-9/h3-6,8,11,14H,7H2,1-2H3,(H,15,16)/t11-/m1/s1. The van der Waals surface area contributed by atoms with E-state index >= 15 is 0 Å². The van der Waals surface area contributed by atoms with Crippen molar-refractivity contribution in [2.45, 2.75) is 25.8 Å². The molecule has 3 nitrogen and oxygen atoms in total. The zero-order valence-corrected chi connectivity index (χ0v) is 10.2. The van der Waals surface area contributed by atoms with Gasteiger partial charge in [-0.15, -0.1) is 0 Å². The molecule has 1 aromatic carbocycles. The van der Waals surface area contributed by atoms with Crippen molar-refractivity contribution < 1.29 is 9.90 Å². The Bertz CT molecular complexity index is 349. The molecule has 0 saturated heterocycles. The van der Waals surface area contributed by atoms with Crippen molar-refractivity contribution in [1.82, 2.24) is 5.32 Å². The van der Waals surface area contributed by atoms with Gasteiger partial charge < -0.3 is 10.4 Å². The van der Waals surface area contributed by atoms with E-state index < -0.39 is 11.9 Å². The van der Waals surface area contributed by atoms with E-state index in [0.29, 0.717) is 11.6 Å². The van der Waals surface area contributed by atoms with E-state index in [-0.39, 0.29) is 6.04 Å². The van der Waals surface area contributed by atoms with Crippen LogP contribution in [-0.4, -0.2) is 23.7 Å². The highest BCUT2D eigenvalue weighted by molar-refractivity contribution is 6.30. The summed E-state index contributed by atoms with van der Waals surface area (Å²) in [5.74, 6) is -1.35. The molecule has 0 amide bonds. The Morgan fingerprint density at radius 2 is 1.94 bits per heavy atom.